The maximum Gasteiger partial charge on any atom is 0.339 e. The van der Waals surface area contributed by atoms with Crippen molar-refractivity contribution in [3.63, 3.8) is 0 Å². The molecule has 0 bridgehead atoms. The zero-order valence-electron chi connectivity index (χ0n) is 10.7. The number of benzene rings is 2. The van der Waals surface area contributed by atoms with Gasteiger partial charge in [0.25, 0.3) is 0 Å². The van der Waals surface area contributed by atoms with Gasteiger partial charge in [-0.2, -0.15) is 8.42 Å². The molecule has 0 atom stereocenters. The molecule has 0 aromatic heterocycles. The van der Waals surface area contributed by atoms with E-state index in [1.165, 1.54) is 30.5 Å². The van der Waals surface area contributed by atoms with Gasteiger partial charge in [0, 0.05) is 0 Å². The Labute approximate surface area is 117 Å². The van der Waals surface area contributed by atoms with Crippen molar-refractivity contribution in [2.24, 2.45) is 5.16 Å². The highest BCUT2D eigenvalue weighted by atomic mass is 32.2. The molecule has 0 heterocycles. The van der Waals surface area contributed by atoms with E-state index < -0.39 is 10.1 Å². The second kappa shape index (κ2) is 5.75. The Kier molecular flexibility index (Phi) is 4.05. The first-order chi connectivity index (χ1) is 9.51. The highest BCUT2D eigenvalue weighted by molar-refractivity contribution is 7.87. The molecule has 1 N–H and O–H groups in total. The fourth-order valence-electron chi connectivity index (χ4n) is 1.56. The summed E-state index contributed by atoms with van der Waals surface area (Å²) >= 11 is 0. The minimum Gasteiger partial charge on any atom is -0.411 e. The average molecular weight is 291 g/mol. The molecule has 2 aromatic rings. The molecule has 0 radical (unpaired) electrons. The average Bonchev–Trinajstić information content (AvgIpc) is 2.41. The monoisotopic (exact) mass is 291 g/mol. The van der Waals surface area contributed by atoms with Crippen LogP contribution in [0.1, 0.15) is 11.1 Å². The predicted octanol–water partition coefficient (Wildman–Crippen LogP) is 2.57. The van der Waals surface area contributed by atoms with Crippen LogP contribution in [0.25, 0.3) is 0 Å². The van der Waals surface area contributed by atoms with Crippen LogP contribution in [0, 0.1) is 6.92 Å². The van der Waals surface area contributed by atoms with E-state index in [1.807, 2.05) is 6.92 Å². The third kappa shape index (κ3) is 3.36. The summed E-state index contributed by atoms with van der Waals surface area (Å²) in [7, 11) is -3.84. The van der Waals surface area contributed by atoms with E-state index in [1.54, 1.807) is 24.3 Å². The molecule has 2 rings (SSSR count). The van der Waals surface area contributed by atoms with Crippen LogP contribution in [0.3, 0.4) is 0 Å². The minimum atomic E-state index is -3.84. The first-order valence-corrected chi connectivity index (χ1v) is 7.21. The molecular weight excluding hydrogens is 278 g/mol. The van der Waals surface area contributed by atoms with Gasteiger partial charge in [-0.1, -0.05) is 22.9 Å². The molecule has 0 aliphatic carbocycles. The molecule has 2 aromatic carbocycles. The van der Waals surface area contributed by atoms with Crippen molar-refractivity contribution in [2.75, 3.05) is 0 Å². The van der Waals surface area contributed by atoms with Crippen LogP contribution < -0.4 is 4.18 Å². The standard InChI is InChI=1S/C14H13NO4S/c1-11-2-8-14(9-3-11)20(17,18)19-13-6-4-12(5-7-13)10-15-16/h2-10,16H,1H3. The Morgan fingerprint density at radius 3 is 2.20 bits per heavy atom. The Balaban J connectivity index is 2.21. The Bertz CT molecular complexity index is 704. The zero-order valence-corrected chi connectivity index (χ0v) is 11.5. The van der Waals surface area contributed by atoms with Crippen molar-refractivity contribution in [1.82, 2.24) is 0 Å². The summed E-state index contributed by atoms with van der Waals surface area (Å²) in [5.41, 5.74) is 1.60. The van der Waals surface area contributed by atoms with Crippen molar-refractivity contribution >= 4 is 16.3 Å². The zero-order chi connectivity index (χ0) is 14.6. The fraction of sp³-hybridized carbons (Fsp3) is 0.0714. The quantitative estimate of drug-likeness (QED) is 0.406. The number of rotatable bonds is 4. The van der Waals surface area contributed by atoms with Gasteiger partial charge in [0.1, 0.15) is 10.6 Å². The smallest absolute Gasteiger partial charge is 0.339 e. The number of aryl methyl sites for hydroxylation is 1. The Hall–Kier alpha value is -2.34. The molecule has 104 valence electrons. The Morgan fingerprint density at radius 2 is 1.65 bits per heavy atom. The van der Waals surface area contributed by atoms with Crippen LogP contribution in [0.5, 0.6) is 5.75 Å². The highest BCUT2D eigenvalue weighted by Gasteiger charge is 2.16. The van der Waals surface area contributed by atoms with E-state index >= 15 is 0 Å². The molecule has 0 aliphatic heterocycles. The lowest BCUT2D eigenvalue weighted by Crippen LogP contribution is -2.09. The number of oxime groups is 1. The summed E-state index contributed by atoms with van der Waals surface area (Å²) in [5.74, 6) is 0.195. The third-order valence-electron chi connectivity index (χ3n) is 2.60. The van der Waals surface area contributed by atoms with Gasteiger partial charge >= 0.3 is 10.1 Å². The molecule has 20 heavy (non-hydrogen) atoms. The first-order valence-electron chi connectivity index (χ1n) is 5.80. The van der Waals surface area contributed by atoms with Crippen molar-refractivity contribution in [3.05, 3.63) is 59.7 Å². The van der Waals surface area contributed by atoms with Gasteiger partial charge in [0.15, 0.2) is 0 Å². The second-order valence-electron chi connectivity index (χ2n) is 4.16. The third-order valence-corrected chi connectivity index (χ3v) is 3.86. The minimum absolute atomic E-state index is 0.101. The first kappa shape index (κ1) is 14.1. The van der Waals surface area contributed by atoms with Crippen molar-refractivity contribution in [3.8, 4) is 5.75 Å². The van der Waals surface area contributed by atoms with Crippen LogP contribution in [-0.4, -0.2) is 19.8 Å². The molecular formula is C14H13NO4S. The molecule has 0 aliphatic rings. The van der Waals surface area contributed by atoms with Crippen LogP contribution in [0.15, 0.2) is 58.6 Å². The molecule has 0 saturated carbocycles. The molecule has 5 nitrogen and oxygen atoms in total. The lowest BCUT2D eigenvalue weighted by Gasteiger charge is -2.07. The molecule has 0 amide bonds. The predicted molar refractivity (Wildman–Crippen MR) is 74.8 cm³/mol. The summed E-state index contributed by atoms with van der Waals surface area (Å²) in [6.45, 7) is 1.87. The van der Waals surface area contributed by atoms with Crippen molar-refractivity contribution in [1.29, 1.82) is 0 Å². The van der Waals surface area contributed by atoms with Gasteiger partial charge in [-0.15, -0.1) is 0 Å². The maximum absolute atomic E-state index is 12.0. The number of hydrogen-bond acceptors (Lipinski definition) is 5. The van der Waals surface area contributed by atoms with E-state index in [4.69, 9.17) is 9.39 Å². The SMILES string of the molecule is Cc1ccc(S(=O)(=O)Oc2ccc(C=NO)cc2)cc1. The fourth-order valence-corrected chi connectivity index (χ4v) is 2.49. The summed E-state index contributed by atoms with van der Waals surface area (Å²) in [5, 5.41) is 11.3. The summed E-state index contributed by atoms with van der Waals surface area (Å²) in [6.07, 6.45) is 1.23. The summed E-state index contributed by atoms with van der Waals surface area (Å²) in [6, 6.07) is 12.5. The van der Waals surface area contributed by atoms with Crippen LogP contribution in [0.4, 0.5) is 0 Å². The van der Waals surface area contributed by atoms with Gasteiger partial charge in [0.2, 0.25) is 0 Å². The highest BCUT2D eigenvalue weighted by Crippen LogP contribution is 2.19. The second-order valence-corrected chi connectivity index (χ2v) is 5.71. The van der Waals surface area contributed by atoms with Crippen molar-refractivity contribution in [2.45, 2.75) is 11.8 Å². The van der Waals surface area contributed by atoms with Gasteiger partial charge in [-0.05, 0) is 48.9 Å². The van der Waals surface area contributed by atoms with E-state index in [0.29, 0.717) is 5.56 Å². The number of hydrogen-bond donors (Lipinski definition) is 1. The Morgan fingerprint density at radius 1 is 1.05 bits per heavy atom. The van der Waals surface area contributed by atoms with Gasteiger partial charge in [0.05, 0.1) is 6.21 Å². The van der Waals surface area contributed by atoms with Crippen molar-refractivity contribution < 1.29 is 17.8 Å². The lowest BCUT2D eigenvalue weighted by atomic mass is 10.2. The largest absolute Gasteiger partial charge is 0.411 e. The van der Waals surface area contributed by atoms with E-state index in [0.717, 1.165) is 5.56 Å². The van der Waals surface area contributed by atoms with Gasteiger partial charge < -0.3 is 9.39 Å². The topological polar surface area (TPSA) is 76.0 Å². The van der Waals surface area contributed by atoms with Crippen LogP contribution in [-0.2, 0) is 10.1 Å². The molecule has 6 heteroatoms. The number of nitrogens with zero attached hydrogens (tertiary/aromatic N) is 1. The van der Waals surface area contributed by atoms with E-state index in [2.05, 4.69) is 5.16 Å². The van der Waals surface area contributed by atoms with E-state index in [-0.39, 0.29) is 10.6 Å². The summed E-state index contributed by atoms with van der Waals surface area (Å²) in [4.78, 5) is 0.101. The van der Waals surface area contributed by atoms with Crippen LogP contribution >= 0.6 is 0 Å². The molecule has 0 unspecified atom stereocenters. The van der Waals surface area contributed by atoms with Gasteiger partial charge in [-0.3, -0.25) is 0 Å². The van der Waals surface area contributed by atoms with Gasteiger partial charge in [-0.25, -0.2) is 0 Å². The summed E-state index contributed by atoms with van der Waals surface area (Å²) < 4.78 is 29.1. The molecule has 0 saturated heterocycles. The lowest BCUT2D eigenvalue weighted by molar-refractivity contribution is 0.322. The molecule has 0 fully saturated rings. The molecule has 0 spiro atoms. The van der Waals surface area contributed by atoms with Crippen LogP contribution in [0.2, 0.25) is 0 Å². The van der Waals surface area contributed by atoms with E-state index in [9.17, 15) is 8.42 Å². The normalized spacial score (nSPS) is 11.7. The maximum atomic E-state index is 12.0.